The van der Waals surface area contributed by atoms with Crippen molar-refractivity contribution in [2.75, 3.05) is 13.7 Å². The van der Waals surface area contributed by atoms with Crippen LogP contribution in [-0.2, 0) is 23.8 Å². The number of ether oxygens (including phenoxy) is 3. The summed E-state index contributed by atoms with van der Waals surface area (Å²) >= 11 is 0. The summed E-state index contributed by atoms with van der Waals surface area (Å²) in [6.07, 6.45) is 1.32. The third-order valence-electron chi connectivity index (χ3n) is 10.7. The lowest BCUT2D eigenvalue weighted by Gasteiger charge is -2.58. The predicted molar refractivity (Wildman–Crippen MR) is 125 cm³/mol. The van der Waals surface area contributed by atoms with Gasteiger partial charge in [0.1, 0.15) is 30.0 Å². The summed E-state index contributed by atoms with van der Waals surface area (Å²) in [7, 11) is 1.45. The van der Waals surface area contributed by atoms with Crippen molar-refractivity contribution in [1.82, 2.24) is 0 Å². The Balaban J connectivity index is 1.57. The molecule has 35 heavy (non-hydrogen) atoms. The molecule has 8 heteroatoms. The minimum absolute atomic E-state index is 0.0219. The number of fused-ring (bicyclic) bond motifs is 2. The molecule has 3 saturated carbocycles. The highest BCUT2D eigenvalue weighted by Gasteiger charge is 2.84. The van der Waals surface area contributed by atoms with Crippen LogP contribution in [0, 0.1) is 45.8 Å². The molecular weight excluding hydrogens is 452 g/mol. The van der Waals surface area contributed by atoms with Gasteiger partial charge in [-0.25, -0.2) is 0 Å². The van der Waals surface area contributed by atoms with E-state index in [1.54, 1.807) is 6.92 Å². The van der Waals surface area contributed by atoms with Crippen molar-refractivity contribution >= 4 is 12.3 Å². The third kappa shape index (κ3) is 2.92. The van der Waals surface area contributed by atoms with Gasteiger partial charge < -0.3 is 34.3 Å². The number of aldehydes is 1. The molecule has 196 valence electrons. The molecule has 3 N–H and O–H groups in total. The van der Waals surface area contributed by atoms with E-state index in [1.165, 1.54) is 7.11 Å². The minimum atomic E-state index is -1.34. The lowest BCUT2D eigenvalue weighted by atomic mass is 9.43. The number of hydrogen-bond acceptors (Lipinski definition) is 7. The molecule has 0 amide bonds. The summed E-state index contributed by atoms with van der Waals surface area (Å²) in [5.74, 6) is -0.358. The molecule has 4 fully saturated rings. The lowest BCUT2D eigenvalue weighted by Crippen LogP contribution is -2.64. The number of carbonyl (C=O) groups is 2. The SMILES string of the molecule is CO[C@H]1[C@@H](O)[C@H](O)[C@H](OCC23C[C@@H]4[C@H](C)CC[C@H]4C4(C=O)CC2C=C(C(C)C)[C@@]34C(=O)O)O[C@@H]1C. The van der Waals surface area contributed by atoms with Crippen LogP contribution >= 0.6 is 0 Å². The van der Waals surface area contributed by atoms with E-state index in [0.717, 1.165) is 24.7 Å². The average molecular weight is 493 g/mol. The van der Waals surface area contributed by atoms with E-state index >= 15 is 0 Å². The molecule has 0 aromatic carbocycles. The van der Waals surface area contributed by atoms with Crippen LogP contribution in [0.25, 0.3) is 0 Å². The Morgan fingerprint density at radius 3 is 2.54 bits per heavy atom. The number of aliphatic carboxylic acids is 1. The molecule has 4 bridgehead atoms. The number of carbonyl (C=O) groups excluding carboxylic acids is 1. The van der Waals surface area contributed by atoms with Crippen LogP contribution in [-0.4, -0.2) is 72.0 Å². The zero-order valence-corrected chi connectivity index (χ0v) is 21.3. The van der Waals surface area contributed by atoms with E-state index in [1.807, 2.05) is 13.8 Å². The van der Waals surface area contributed by atoms with Gasteiger partial charge in [0, 0.05) is 12.5 Å². The number of rotatable bonds is 7. The fourth-order valence-corrected chi connectivity index (χ4v) is 9.34. The first-order valence-electron chi connectivity index (χ1n) is 13.1. The number of methoxy groups -OCH3 is 1. The average Bonchev–Trinajstić information content (AvgIpc) is 3.38. The first-order chi connectivity index (χ1) is 16.5. The second-order valence-corrected chi connectivity index (χ2v) is 12.2. The molecule has 5 aliphatic rings. The molecule has 0 spiro atoms. The maximum Gasteiger partial charge on any atom is 0.315 e. The molecule has 0 aromatic heterocycles. The Kier molecular flexibility index (Phi) is 6.04. The molecule has 4 aliphatic carbocycles. The van der Waals surface area contributed by atoms with Gasteiger partial charge in [0.05, 0.1) is 18.1 Å². The van der Waals surface area contributed by atoms with Crippen molar-refractivity contribution in [2.24, 2.45) is 45.8 Å². The predicted octanol–water partition coefficient (Wildman–Crippen LogP) is 2.41. The maximum atomic E-state index is 13.5. The van der Waals surface area contributed by atoms with E-state index in [-0.39, 0.29) is 30.3 Å². The van der Waals surface area contributed by atoms with Crippen molar-refractivity contribution in [1.29, 1.82) is 0 Å². The molecule has 3 unspecified atom stereocenters. The van der Waals surface area contributed by atoms with Gasteiger partial charge in [0.25, 0.3) is 0 Å². The van der Waals surface area contributed by atoms with Gasteiger partial charge in [-0.2, -0.15) is 0 Å². The highest BCUT2D eigenvalue weighted by molar-refractivity contribution is 5.90. The number of allylic oxidation sites excluding steroid dienone is 1. The van der Waals surface area contributed by atoms with E-state index in [4.69, 9.17) is 14.2 Å². The van der Waals surface area contributed by atoms with E-state index in [0.29, 0.717) is 18.8 Å². The van der Waals surface area contributed by atoms with E-state index in [2.05, 4.69) is 13.0 Å². The van der Waals surface area contributed by atoms with Gasteiger partial charge in [-0.3, -0.25) is 4.79 Å². The normalized spacial score (nSPS) is 52.5. The van der Waals surface area contributed by atoms with Crippen molar-refractivity contribution in [3.63, 3.8) is 0 Å². The molecule has 0 radical (unpaired) electrons. The Labute approximate surface area is 207 Å². The second kappa shape index (κ2) is 8.35. The number of aliphatic hydroxyl groups excluding tert-OH is 2. The van der Waals surface area contributed by atoms with Gasteiger partial charge in [-0.1, -0.05) is 38.8 Å². The molecule has 5 rings (SSSR count). The van der Waals surface area contributed by atoms with Gasteiger partial charge >= 0.3 is 5.97 Å². The van der Waals surface area contributed by atoms with Crippen LogP contribution in [0.5, 0.6) is 0 Å². The zero-order valence-electron chi connectivity index (χ0n) is 21.3. The van der Waals surface area contributed by atoms with Crippen LogP contribution in [0.3, 0.4) is 0 Å². The summed E-state index contributed by atoms with van der Waals surface area (Å²) in [5.41, 5.74) is -2.28. The monoisotopic (exact) mass is 492 g/mol. The van der Waals surface area contributed by atoms with Crippen LogP contribution in [0.4, 0.5) is 0 Å². The second-order valence-electron chi connectivity index (χ2n) is 12.2. The van der Waals surface area contributed by atoms with Crippen LogP contribution in [0.1, 0.15) is 53.4 Å². The quantitative estimate of drug-likeness (QED) is 0.366. The van der Waals surface area contributed by atoms with Gasteiger partial charge in [-0.05, 0) is 55.8 Å². The summed E-state index contributed by atoms with van der Waals surface area (Å²) in [5, 5.41) is 32.3. The van der Waals surface area contributed by atoms with Gasteiger partial charge in [-0.15, -0.1) is 0 Å². The molecule has 1 heterocycles. The first-order valence-corrected chi connectivity index (χ1v) is 13.1. The number of aliphatic hydroxyl groups is 2. The molecule has 1 aliphatic heterocycles. The Morgan fingerprint density at radius 1 is 1.23 bits per heavy atom. The third-order valence-corrected chi connectivity index (χ3v) is 10.7. The summed E-state index contributed by atoms with van der Waals surface area (Å²) in [6, 6.07) is 0. The molecule has 8 nitrogen and oxygen atoms in total. The highest BCUT2D eigenvalue weighted by atomic mass is 16.7. The van der Waals surface area contributed by atoms with Crippen molar-refractivity contribution in [3.05, 3.63) is 11.6 Å². The smallest absolute Gasteiger partial charge is 0.315 e. The van der Waals surface area contributed by atoms with Crippen molar-refractivity contribution < 1.29 is 39.1 Å². The topological polar surface area (TPSA) is 123 Å². The van der Waals surface area contributed by atoms with E-state index in [9.17, 15) is 24.9 Å². The number of hydrogen-bond donors (Lipinski definition) is 3. The molecule has 1 saturated heterocycles. The zero-order chi connectivity index (χ0) is 25.5. The standard InChI is InChI=1S/C27H40O8/c1-13(2)19-8-16-9-25(11-28)18-7-6-14(3)17(18)10-26(16,27(19,25)24(31)32)12-34-23-21(30)20(29)22(33-5)15(4)35-23/h8,11,13-18,20-23,29-30H,6-7,9-10,12H2,1-5H3,(H,31,32)/t14-,15-,16?,17-,18-,20+,21+,22-,23-,25?,26?,27+/m1/s1. The van der Waals surface area contributed by atoms with Crippen LogP contribution < -0.4 is 0 Å². The van der Waals surface area contributed by atoms with E-state index < -0.39 is 52.9 Å². The summed E-state index contributed by atoms with van der Waals surface area (Å²) < 4.78 is 17.4. The number of carboxylic acids is 1. The molecule has 0 aromatic rings. The largest absolute Gasteiger partial charge is 0.481 e. The van der Waals surface area contributed by atoms with Gasteiger partial charge in [0.2, 0.25) is 0 Å². The molecular formula is C27H40O8. The molecule has 12 atom stereocenters. The number of carboxylic acid groups (broad SMARTS) is 1. The maximum absolute atomic E-state index is 13.5. The Bertz CT molecular complexity index is 917. The van der Waals surface area contributed by atoms with Crippen molar-refractivity contribution in [2.45, 2.75) is 84.1 Å². The van der Waals surface area contributed by atoms with Crippen LogP contribution in [0.15, 0.2) is 11.6 Å². The van der Waals surface area contributed by atoms with Crippen molar-refractivity contribution in [3.8, 4) is 0 Å². The fourth-order valence-electron chi connectivity index (χ4n) is 9.34. The summed E-state index contributed by atoms with van der Waals surface area (Å²) in [6.45, 7) is 8.02. The fraction of sp³-hybridized carbons (Fsp3) is 0.852. The highest BCUT2D eigenvalue weighted by Crippen LogP contribution is 2.82. The lowest BCUT2D eigenvalue weighted by molar-refractivity contribution is -0.306. The Morgan fingerprint density at radius 2 is 1.94 bits per heavy atom. The minimum Gasteiger partial charge on any atom is -0.481 e. The van der Waals surface area contributed by atoms with Crippen LogP contribution in [0.2, 0.25) is 0 Å². The van der Waals surface area contributed by atoms with Gasteiger partial charge in [0.15, 0.2) is 6.29 Å². The summed E-state index contributed by atoms with van der Waals surface area (Å²) in [4.78, 5) is 26.5. The first kappa shape index (κ1) is 25.3. The Hall–Kier alpha value is -1.32.